The molecule has 1 amide bonds. The summed E-state index contributed by atoms with van der Waals surface area (Å²) in [7, 11) is 3.90. The Morgan fingerprint density at radius 3 is 2.83 bits per heavy atom. The third-order valence-corrected chi connectivity index (χ3v) is 3.40. The van der Waals surface area contributed by atoms with Gasteiger partial charge in [0.15, 0.2) is 0 Å². The van der Waals surface area contributed by atoms with Crippen molar-refractivity contribution in [3.63, 3.8) is 0 Å². The van der Waals surface area contributed by atoms with Crippen LogP contribution in [-0.2, 0) is 11.3 Å². The van der Waals surface area contributed by atoms with E-state index in [1.807, 2.05) is 31.1 Å². The molecule has 1 aromatic rings. The predicted molar refractivity (Wildman–Crippen MR) is 78.0 cm³/mol. The Balaban J connectivity index is 2.43. The minimum atomic E-state index is 0.0805. The lowest BCUT2D eigenvalue weighted by molar-refractivity contribution is -0.118. The summed E-state index contributed by atoms with van der Waals surface area (Å²) in [6.45, 7) is 4.73. The molecule has 0 saturated heterocycles. The first kappa shape index (κ1) is 14.8. The lowest BCUT2D eigenvalue weighted by Gasteiger charge is -2.12. The Hall–Kier alpha value is -1.23. The Morgan fingerprint density at radius 2 is 2.22 bits per heavy atom. The Labute approximate surface area is 113 Å². The summed E-state index contributed by atoms with van der Waals surface area (Å²) >= 11 is 1.65. The van der Waals surface area contributed by atoms with Gasteiger partial charge in [0.2, 0.25) is 5.91 Å². The lowest BCUT2D eigenvalue weighted by Crippen LogP contribution is -2.25. The molecule has 1 rings (SSSR count). The molecule has 1 aromatic heterocycles. The van der Waals surface area contributed by atoms with Gasteiger partial charge in [0, 0.05) is 26.8 Å². The smallest absolute Gasteiger partial charge is 0.230 e. The van der Waals surface area contributed by atoms with Crippen LogP contribution in [0.2, 0.25) is 0 Å². The van der Waals surface area contributed by atoms with Crippen molar-refractivity contribution in [2.75, 3.05) is 24.7 Å². The standard InChI is InChI=1S/C13H21N3OS/c1-10(2)18-9-13(17)15-8-11-5-6-14-12(7-11)16(3)4/h5-7,10H,8-9H2,1-4H3,(H,15,17). The van der Waals surface area contributed by atoms with Crippen molar-refractivity contribution in [2.45, 2.75) is 25.6 Å². The van der Waals surface area contributed by atoms with Crippen molar-refractivity contribution in [1.82, 2.24) is 10.3 Å². The molecular weight excluding hydrogens is 246 g/mol. The highest BCUT2D eigenvalue weighted by molar-refractivity contribution is 8.00. The van der Waals surface area contributed by atoms with Gasteiger partial charge in [0.1, 0.15) is 5.82 Å². The van der Waals surface area contributed by atoms with Crippen LogP contribution in [0.3, 0.4) is 0 Å². The zero-order valence-corrected chi connectivity index (χ0v) is 12.3. The van der Waals surface area contributed by atoms with Gasteiger partial charge in [-0.1, -0.05) is 13.8 Å². The van der Waals surface area contributed by atoms with Crippen molar-refractivity contribution in [2.24, 2.45) is 0 Å². The molecule has 0 aliphatic carbocycles. The highest BCUT2D eigenvalue weighted by Gasteiger charge is 2.04. The third kappa shape index (κ3) is 5.40. The van der Waals surface area contributed by atoms with Crippen LogP contribution in [0.25, 0.3) is 0 Å². The summed E-state index contributed by atoms with van der Waals surface area (Å²) < 4.78 is 0. The van der Waals surface area contributed by atoms with Gasteiger partial charge in [-0.3, -0.25) is 4.79 Å². The van der Waals surface area contributed by atoms with Crippen molar-refractivity contribution < 1.29 is 4.79 Å². The fraction of sp³-hybridized carbons (Fsp3) is 0.538. The summed E-state index contributed by atoms with van der Waals surface area (Å²) in [5, 5.41) is 3.40. The molecule has 5 heteroatoms. The molecule has 4 nitrogen and oxygen atoms in total. The van der Waals surface area contributed by atoms with Crippen LogP contribution >= 0.6 is 11.8 Å². The van der Waals surface area contributed by atoms with E-state index in [1.54, 1.807) is 18.0 Å². The van der Waals surface area contributed by atoms with Gasteiger partial charge >= 0.3 is 0 Å². The van der Waals surface area contributed by atoms with E-state index in [0.29, 0.717) is 17.5 Å². The average Bonchev–Trinajstić information content (AvgIpc) is 2.34. The number of aromatic nitrogens is 1. The van der Waals surface area contributed by atoms with Crippen LogP contribution in [0.4, 0.5) is 5.82 Å². The van der Waals surface area contributed by atoms with E-state index in [9.17, 15) is 4.79 Å². The summed E-state index contributed by atoms with van der Waals surface area (Å²) in [5.41, 5.74) is 1.07. The predicted octanol–water partition coefficient (Wildman–Crippen LogP) is 1.91. The Kier molecular flexibility index (Phi) is 5.98. The lowest BCUT2D eigenvalue weighted by atomic mass is 10.2. The van der Waals surface area contributed by atoms with E-state index in [4.69, 9.17) is 0 Å². The van der Waals surface area contributed by atoms with Crippen LogP contribution < -0.4 is 10.2 Å². The van der Waals surface area contributed by atoms with Gasteiger partial charge in [0.25, 0.3) is 0 Å². The van der Waals surface area contributed by atoms with Gasteiger partial charge in [-0.25, -0.2) is 4.98 Å². The van der Waals surface area contributed by atoms with Crippen molar-refractivity contribution in [3.8, 4) is 0 Å². The number of nitrogens with zero attached hydrogens (tertiary/aromatic N) is 2. The maximum Gasteiger partial charge on any atom is 0.230 e. The number of rotatable bonds is 6. The summed E-state index contributed by atoms with van der Waals surface area (Å²) in [6, 6.07) is 3.90. The normalized spacial score (nSPS) is 10.5. The maximum atomic E-state index is 11.6. The molecule has 0 unspecified atom stereocenters. The minimum absolute atomic E-state index is 0.0805. The molecule has 0 fully saturated rings. The highest BCUT2D eigenvalue weighted by Crippen LogP contribution is 2.10. The van der Waals surface area contributed by atoms with Crippen molar-refractivity contribution in [1.29, 1.82) is 0 Å². The zero-order valence-electron chi connectivity index (χ0n) is 11.4. The fourth-order valence-electron chi connectivity index (χ4n) is 1.31. The molecule has 0 aliphatic rings. The van der Waals surface area contributed by atoms with Gasteiger partial charge < -0.3 is 10.2 Å². The first-order chi connectivity index (χ1) is 8.49. The number of amides is 1. The number of thioether (sulfide) groups is 1. The van der Waals surface area contributed by atoms with E-state index >= 15 is 0 Å². The number of nitrogens with one attached hydrogen (secondary N) is 1. The second kappa shape index (κ2) is 7.26. The van der Waals surface area contributed by atoms with Crippen LogP contribution in [0.5, 0.6) is 0 Å². The number of anilines is 1. The van der Waals surface area contributed by atoms with Crippen LogP contribution in [0.15, 0.2) is 18.3 Å². The van der Waals surface area contributed by atoms with Crippen LogP contribution in [-0.4, -0.2) is 36.0 Å². The van der Waals surface area contributed by atoms with E-state index in [-0.39, 0.29) is 5.91 Å². The second-order valence-corrected chi connectivity index (χ2v) is 6.12. The number of hydrogen-bond donors (Lipinski definition) is 1. The molecule has 0 spiro atoms. The van der Waals surface area contributed by atoms with E-state index in [0.717, 1.165) is 11.4 Å². The quantitative estimate of drug-likeness (QED) is 0.855. The van der Waals surface area contributed by atoms with Crippen LogP contribution in [0, 0.1) is 0 Å². The number of hydrogen-bond acceptors (Lipinski definition) is 4. The molecule has 0 atom stereocenters. The largest absolute Gasteiger partial charge is 0.363 e. The molecule has 0 radical (unpaired) electrons. The number of carbonyl (C=O) groups is 1. The molecule has 1 N–H and O–H groups in total. The molecule has 18 heavy (non-hydrogen) atoms. The van der Waals surface area contributed by atoms with E-state index < -0.39 is 0 Å². The molecule has 0 aromatic carbocycles. The van der Waals surface area contributed by atoms with Gasteiger partial charge in [-0.2, -0.15) is 0 Å². The van der Waals surface area contributed by atoms with Gasteiger partial charge in [-0.15, -0.1) is 11.8 Å². The monoisotopic (exact) mass is 267 g/mol. The minimum Gasteiger partial charge on any atom is -0.363 e. The van der Waals surface area contributed by atoms with Crippen LogP contribution in [0.1, 0.15) is 19.4 Å². The summed E-state index contributed by atoms with van der Waals surface area (Å²) in [5.74, 6) is 1.50. The maximum absolute atomic E-state index is 11.6. The van der Waals surface area contributed by atoms with E-state index in [1.165, 1.54) is 0 Å². The topological polar surface area (TPSA) is 45.2 Å². The molecule has 100 valence electrons. The molecule has 0 saturated carbocycles. The fourth-order valence-corrected chi connectivity index (χ4v) is 1.90. The average molecular weight is 267 g/mol. The molecule has 0 aliphatic heterocycles. The zero-order chi connectivity index (χ0) is 13.5. The van der Waals surface area contributed by atoms with E-state index in [2.05, 4.69) is 24.1 Å². The Morgan fingerprint density at radius 1 is 1.50 bits per heavy atom. The molecule has 1 heterocycles. The molecule has 0 bridgehead atoms. The summed E-state index contributed by atoms with van der Waals surface area (Å²) in [6.07, 6.45) is 1.76. The summed E-state index contributed by atoms with van der Waals surface area (Å²) in [4.78, 5) is 17.8. The number of carbonyl (C=O) groups excluding carboxylic acids is 1. The van der Waals surface area contributed by atoms with Gasteiger partial charge in [-0.05, 0) is 22.9 Å². The molecular formula is C13H21N3OS. The number of pyridine rings is 1. The highest BCUT2D eigenvalue weighted by atomic mass is 32.2. The SMILES string of the molecule is CC(C)SCC(=O)NCc1ccnc(N(C)C)c1. The Bertz CT molecular complexity index is 394. The second-order valence-electron chi connectivity index (χ2n) is 4.55. The van der Waals surface area contributed by atoms with Crippen molar-refractivity contribution in [3.05, 3.63) is 23.9 Å². The van der Waals surface area contributed by atoms with Crippen molar-refractivity contribution >= 4 is 23.5 Å². The van der Waals surface area contributed by atoms with Gasteiger partial charge in [0.05, 0.1) is 5.75 Å². The first-order valence-electron chi connectivity index (χ1n) is 5.99. The first-order valence-corrected chi connectivity index (χ1v) is 7.04. The third-order valence-electron chi connectivity index (χ3n) is 2.31.